The van der Waals surface area contributed by atoms with E-state index in [1.807, 2.05) is 43.3 Å². The molecule has 3 atom stereocenters. The molecule has 1 saturated heterocycles. The minimum absolute atomic E-state index is 0.0664. The standard InChI is InChI=1S/C19H30O4Si/c1-15(13-20)11-12-17-19(2,23-24(3,4)5)14-21-18(22-17)16-9-7-6-8-10-16/h6-11,17-18,20H,12-14H2,1-5H3/b15-11+/t17-,18+,19+/m0/s1. The number of rotatable bonds is 6. The van der Waals surface area contributed by atoms with E-state index in [1.54, 1.807) is 0 Å². The molecule has 0 saturated carbocycles. The lowest BCUT2D eigenvalue weighted by atomic mass is 9.95. The van der Waals surface area contributed by atoms with Gasteiger partial charge in [-0.05, 0) is 39.9 Å². The molecule has 5 heteroatoms. The molecule has 1 aliphatic heterocycles. The van der Waals surface area contributed by atoms with Gasteiger partial charge in [0.2, 0.25) is 0 Å². The summed E-state index contributed by atoms with van der Waals surface area (Å²) in [6, 6.07) is 9.98. The lowest BCUT2D eigenvalue weighted by Crippen LogP contribution is -2.56. The second-order valence-electron chi connectivity index (χ2n) is 7.65. The van der Waals surface area contributed by atoms with Crippen LogP contribution in [0.25, 0.3) is 0 Å². The zero-order valence-corrected chi connectivity index (χ0v) is 16.4. The van der Waals surface area contributed by atoms with Crippen molar-refractivity contribution in [2.75, 3.05) is 13.2 Å². The lowest BCUT2D eigenvalue weighted by molar-refractivity contribution is -0.282. The van der Waals surface area contributed by atoms with Crippen molar-refractivity contribution in [1.82, 2.24) is 0 Å². The van der Waals surface area contributed by atoms with Crippen molar-refractivity contribution in [3.05, 3.63) is 47.5 Å². The van der Waals surface area contributed by atoms with Gasteiger partial charge >= 0.3 is 0 Å². The maximum Gasteiger partial charge on any atom is 0.184 e. The van der Waals surface area contributed by atoms with E-state index in [0.717, 1.165) is 11.1 Å². The molecule has 1 N–H and O–H groups in total. The average Bonchev–Trinajstić information content (AvgIpc) is 2.52. The summed E-state index contributed by atoms with van der Waals surface area (Å²) < 4.78 is 18.7. The van der Waals surface area contributed by atoms with Crippen LogP contribution in [0.5, 0.6) is 0 Å². The fourth-order valence-corrected chi connectivity index (χ4v) is 4.51. The molecule has 0 spiro atoms. The van der Waals surface area contributed by atoms with Crippen LogP contribution in [0.1, 0.15) is 32.1 Å². The van der Waals surface area contributed by atoms with E-state index in [-0.39, 0.29) is 19.0 Å². The molecule has 0 unspecified atom stereocenters. The highest BCUT2D eigenvalue weighted by Gasteiger charge is 2.45. The SMILES string of the molecule is C/C(=C\C[C@@H]1O[C@H](c2ccccc2)OC[C@@]1(C)O[Si](C)(C)C)CO. The Labute approximate surface area is 146 Å². The third kappa shape index (κ3) is 5.26. The van der Waals surface area contributed by atoms with Gasteiger partial charge in [-0.2, -0.15) is 0 Å². The van der Waals surface area contributed by atoms with Gasteiger partial charge in [-0.15, -0.1) is 0 Å². The maximum atomic E-state index is 9.25. The normalized spacial score (nSPS) is 28.8. The number of ether oxygens (including phenoxy) is 2. The fourth-order valence-electron chi connectivity index (χ4n) is 2.92. The van der Waals surface area contributed by atoms with Gasteiger partial charge in [0.1, 0.15) is 5.60 Å². The van der Waals surface area contributed by atoms with E-state index in [4.69, 9.17) is 13.9 Å². The summed E-state index contributed by atoms with van der Waals surface area (Å²) in [5, 5.41) is 9.25. The van der Waals surface area contributed by atoms with E-state index in [9.17, 15) is 5.11 Å². The van der Waals surface area contributed by atoms with E-state index in [1.165, 1.54) is 0 Å². The summed E-state index contributed by atoms with van der Waals surface area (Å²) >= 11 is 0. The first-order valence-electron chi connectivity index (χ1n) is 8.52. The first kappa shape index (κ1) is 19.3. The Kier molecular flexibility index (Phi) is 6.39. The van der Waals surface area contributed by atoms with E-state index >= 15 is 0 Å². The van der Waals surface area contributed by atoms with Crippen LogP contribution in [0.3, 0.4) is 0 Å². The van der Waals surface area contributed by atoms with Crippen LogP contribution in [-0.4, -0.2) is 38.3 Å². The van der Waals surface area contributed by atoms with Crippen molar-refractivity contribution in [2.24, 2.45) is 0 Å². The second kappa shape index (κ2) is 7.93. The molecule has 0 amide bonds. The maximum absolute atomic E-state index is 9.25. The topological polar surface area (TPSA) is 47.9 Å². The van der Waals surface area contributed by atoms with Crippen LogP contribution in [0.2, 0.25) is 19.6 Å². The number of hydrogen-bond donors (Lipinski definition) is 1. The molecule has 0 aromatic heterocycles. The van der Waals surface area contributed by atoms with E-state index in [2.05, 4.69) is 26.6 Å². The van der Waals surface area contributed by atoms with Gasteiger partial charge in [0, 0.05) is 5.56 Å². The van der Waals surface area contributed by atoms with Crippen LogP contribution in [-0.2, 0) is 13.9 Å². The molecule has 0 bridgehead atoms. The quantitative estimate of drug-likeness (QED) is 0.621. The van der Waals surface area contributed by atoms with Crippen LogP contribution < -0.4 is 0 Å². The molecule has 1 heterocycles. The van der Waals surface area contributed by atoms with Crippen LogP contribution in [0.4, 0.5) is 0 Å². The molecule has 134 valence electrons. The molecule has 2 rings (SSSR count). The molecular formula is C19H30O4Si. The van der Waals surface area contributed by atoms with Crippen molar-refractivity contribution in [3.8, 4) is 0 Å². The van der Waals surface area contributed by atoms with Crippen LogP contribution in [0.15, 0.2) is 42.0 Å². The smallest absolute Gasteiger partial charge is 0.184 e. The van der Waals surface area contributed by atoms with Crippen LogP contribution >= 0.6 is 0 Å². The first-order valence-corrected chi connectivity index (χ1v) is 11.9. The summed E-state index contributed by atoms with van der Waals surface area (Å²) in [6.45, 7) is 11.1. The van der Waals surface area contributed by atoms with Gasteiger partial charge in [0.25, 0.3) is 0 Å². The number of hydrogen-bond acceptors (Lipinski definition) is 4. The highest BCUT2D eigenvalue weighted by molar-refractivity contribution is 6.69. The Morgan fingerprint density at radius 2 is 2.00 bits per heavy atom. The predicted octanol–water partition coefficient (Wildman–Crippen LogP) is 4.04. The van der Waals surface area contributed by atoms with Gasteiger partial charge in [-0.3, -0.25) is 0 Å². The summed E-state index contributed by atoms with van der Waals surface area (Å²) in [5.41, 5.74) is 1.47. The van der Waals surface area contributed by atoms with Crippen molar-refractivity contribution in [3.63, 3.8) is 0 Å². The molecule has 0 aliphatic carbocycles. The summed E-state index contributed by atoms with van der Waals surface area (Å²) in [5.74, 6) is 0. The van der Waals surface area contributed by atoms with Gasteiger partial charge in [-0.25, -0.2) is 0 Å². The molecule has 1 aromatic carbocycles. The zero-order chi connectivity index (χ0) is 17.8. The summed E-state index contributed by atoms with van der Waals surface area (Å²) in [7, 11) is -1.75. The molecule has 1 aliphatic rings. The zero-order valence-electron chi connectivity index (χ0n) is 15.4. The minimum atomic E-state index is -1.75. The Hall–Kier alpha value is -0.983. The Bertz CT molecular complexity index is 552. The van der Waals surface area contributed by atoms with Crippen molar-refractivity contribution < 1.29 is 19.0 Å². The summed E-state index contributed by atoms with van der Waals surface area (Å²) in [6.07, 6.45) is 2.23. The van der Waals surface area contributed by atoms with Gasteiger partial charge in [0.05, 0.1) is 19.3 Å². The minimum Gasteiger partial charge on any atom is -0.407 e. The van der Waals surface area contributed by atoms with Crippen molar-refractivity contribution in [2.45, 2.75) is 57.9 Å². The van der Waals surface area contributed by atoms with Crippen molar-refractivity contribution >= 4 is 8.32 Å². The van der Waals surface area contributed by atoms with Crippen molar-refractivity contribution in [1.29, 1.82) is 0 Å². The molecule has 4 nitrogen and oxygen atoms in total. The molecule has 0 radical (unpaired) electrons. The Morgan fingerprint density at radius 3 is 2.58 bits per heavy atom. The molecule has 1 aromatic rings. The monoisotopic (exact) mass is 350 g/mol. The summed E-state index contributed by atoms with van der Waals surface area (Å²) in [4.78, 5) is 0. The Morgan fingerprint density at radius 1 is 1.33 bits per heavy atom. The van der Waals surface area contributed by atoms with Gasteiger partial charge in [0.15, 0.2) is 14.6 Å². The number of aliphatic hydroxyl groups is 1. The van der Waals surface area contributed by atoms with Gasteiger partial charge < -0.3 is 19.0 Å². The first-order chi connectivity index (χ1) is 11.2. The third-order valence-corrected chi connectivity index (χ3v) is 5.11. The van der Waals surface area contributed by atoms with E-state index < -0.39 is 13.9 Å². The second-order valence-corrected chi connectivity index (χ2v) is 12.1. The molecular weight excluding hydrogens is 320 g/mol. The predicted molar refractivity (Wildman–Crippen MR) is 98.3 cm³/mol. The number of aliphatic hydroxyl groups excluding tert-OH is 1. The lowest BCUT2D eigenvalue weighted by Gasteiger charge is -2.46. The molecule has 24 heavy (non-hydrogen) atoms. The molecule has 1 fully saturated rings. The van der Waals surface area contributed by atoms with E-state index in [0.29, 0.717) is 13.0 Å². The van der Waals surface area contributed by atoms with Crippen LogP contribution in [0, 0.1) is 0 Å². The third-order valence-electron chi connectivity index (χ3n) is 4.03. The Balaban J connectivity index is 2.20. The van der Waals surface area contributed by atoms with Gasteiger partial charge in [-0.1, -0.05) is 42.0 Å². The highest BCUT2D eigenvalue weighted by atomic mass is 28.4. The average molecular weight is 351 g/mol. The largest absolute Gasteiger partial charge is 0.407 e. The number of benzene rings is 1. The highest BCUT2D eigenvalue weighted by Crippen LogP contribution is 2.37. The fraction of sp³-hybridized carbons (Fsp3) is 0.579.